The Morgan fingerprint density at radius 1 is 1.04 bits per heavy atom. The van der Waals surface area contributed by atoms with Crippen molar-refractivity contribution in [3.05, 3.63) is 59.9 Å². The first kappa shape index (κ1) is 19.9. The Morgan fingerprint density at radius 2 is 1.77 bits per heavy atom. The molecular formula is C19H25N3O3S. The third-order valence-electron chi connectivity index (χ3n) is 3.81. The van der Waals surface area contributed by atoms with E-state index in [1.807, 2.05) is 30.5 Å². The summed E-state index contributed by atoms with van der Waals surface area (Å²) in [5, 5.41) is 2.94. The van der Waals surface area contributed by atoms with Gasteiger partial charge >= 0.3 is 0 Å². The first-order valence-electron chi connectivity index (χ1n) is 8.65. The van der Waals surface area contributed by atoms with Gasteiger partial charge in [-0.25, -0.2) is 8.42 Å². The number of pyridine rings is 1. The Balaban J connectivity index is 1.60. The number of rotatable bonds is 10. The van der Waals surface area contributed by atoms with Crippen LogP contribution in [0.3, 0.4) is 0 Å². The minimum atomic E-state index is -3.25. The maximum absolute atomic E-state index is 11.8. The first-order chi connectivity index (χ1) is 12.4. The van der Waals surface area contributed by atoms with Crippen LogP contribution in [0.15, 0.2) is 48.8 Å². The number of carbonyl (C=O) groups is 1. The molecule has 2 aromatic rings. The van der Waals surface area contributed by atoms with Crippen molar-refractivity contribution >= 4 is 21.6 Å². The molecule has 1 aromatic carbocycles. The van der Waals surface area contributed by atoms with Crippen LogP contribution in [0.25, 0.3) is 0 Å². The lowest BCUT2D eigenvalue weighted by Crippen LogP contribution is -2.24. The number of carbonyl (C=O) groups excluding carboxylic acids is 1. The fourth-order valence-electron chi connectivity index (χ4n) is 2.56. The normalized spacial score (nSPS) is 11.1. The van der Waals surface area contributed by atoms with Crippen molar-refractivity contribution in [2.75, 3.05) is 17.5 Å². The number of hydrogen-bond acceptors (Lipinski definition) is 4. The molecule has 0 saturated heterocycles. The number of sulfonamides is 1. The second kappa shape index (κ2) is 9.91. The van der Waals surface area contributed by atoms with Gasteiger partial charge in [0.15, 0.2) is 0 Å². The van der Waals surface area contributed by atoms with Crippen LogP contribution in [-0.2, 0) is 27.7 Å². The minimum absolute atomic E-state index is 0.0709. The Morgan fingerprint density at radius 3 is 2.42 bits per heavy atom. The Kier molecular flexibility index (Phi) is 7.59. The van der Waals surface area contributed by atoms with Crippen LogP contribution in [0.5, 0.6) is 0 Å². The predicted octanol–water partition coefficient (Wildman–Crippen LogP) is 2.52. The summed E-state index contributed by atoms with van der Waals surface area (Å²) in [5.74, 6) is 0.0709. The standard InChI is InChI=1S/C19H25N3O3S/c1-26(24,25)22-18-11-9-16(10-12-18)6-4-14-21-19(23)8-2-5-17-7-3-13-20-15-17/h3,7,9-13,15,22H,2,4-6,8,14H2,1H3,(H,21,23). The molecule has 0 aliphatic rings. The quantitative estimate of drug-likeness (QED) is 0.625. The summed E-state index contributed by atoms with van der Waals surface area (Å²) >= 11 is 0. The first-order valence-corrected chi connectivity index (χ1v) is 10.5. The molecule has 2 N–H and O–H groups in total. The summed E-state index contributed by atoms with van der Waals surface area (Å²) in [6, 6.07) is 11.2. The smallest absolute Gasteiger partial charge is 0.229 e. The lowest BCUT2D eigenvalue weighted by Gasteiger charge is -2.07. The second-order valence-corrected chi connectivity index (χ2v) is 7.99. The molecule has 6 nitrogen and oxygen atoms in total. The van der Waals surface area contributed by atoms with Crippen LogP contribution in [0, 0.1) is 0 Å². The fraction of sp³-hybridized carbons (Fsp3) is 0.368. The number of aromatic nitrogens is 1. The van der Waals surface area contributed by atoms with Crippen LogP contribution < -0.4 is 10.0 Å². The molecule has 26 heavy (non-hydrogen) atoms. The van der Waals surface area contributed by atoms with E-state index in [-0.39, 0.29) is 5.91 Å². The summed E-state index contributed by atoms with van der Waals surface area (Å²) in [6.07, 6.45) is 8.55. The summed E-state index contributed by atoms with van der Waals surface area (Å²) in [5.41, 5.74) is 2.81. The van der Waals surface area contributed by atoms with Crippen molar-refractivity contribution in [3.63, 3.8) is 0 Å². The van der Waals surface area contributed by atoms with Crippen molar-refractivity contribution in [2.24, 2.45) is 0 Å². The van der Waals surface area contributed by atoms with Gasteiger partial charge < -0.3 is 5.32 Å². The van der Waals surface area contributed by atoms with Gasteiger partial charge in [-0.15, -0.1) is 0 Å². The molecule has 0 aliphatic carbocycles. The van der Waals surface area contributed by atoms with Gasteiger partial charge in [0.2, 0.25) is 15.9 Å². The number of amides is 1. The molecule has 0 bridgehead atoms. The van der Waals surface area contributed by atoms with Gasteiger partial charge in [0, 0.05) is 31.0 Å². The third kappa shape index (κ3) is 8.11. The van der Waals surface area contributed by atoms with Crippen LogP contribution in [0.1, 0.15) is 30.4 Å². The molecule has 0 aliphatic heterocycles. The van der Waals surface area contributed by atoms with E-state index in [0.29, 0.717) is 18.7 Å². The number of anilines is 1. The molecule has 1 amide bonds. The Bertz CT molecular complexity index is 791. The van der Waals surface area contributed by atoms with Gasteiger partial charge in [-0.1, -0.05) is 18.2 Å². The summed E-state index contributed by atoms with van der Waals surface area (Å²) in [4.78, 5) is 15.9. The topological polar surface area (TPSA) is 88.2 Å². The molecule has 0 unspecified atom stereocenters. The number of benzene rings is 1. The van der Waals surface area contributed by atoms with E-state index in [1.165, 1.54) is 0 Å². The molecule has 2 rings (SSSR count). The molecule has 1 aromatic heterocycles. The van der Waals surface area contributed by atoms with Crippen LogP contribution >= 0.6 is 0 Å². The average molecular weight is 375 g/mol. The third-order valence-corrected chi connectivity index (χ3v) is 4.42. The highest BCUT2D eigenvalue weighted by Crippen LogP contribution is 2.12. The molecule has 0 saturated carbocycles. The van der Waals surface area contributed by atoms with Gasteiger partial charge in [-0.2, -0.15) is 0 Å². The average Bonchev–Trinajstić information content (AvgIpc) is 2.60. The largest absolute Gasteiger partial charge is 0.356 e. The predicted molar refractivity (Wildman–Crippen MR) is 103 cm³/mol. The number of nitrogens with zero attached hydrogens (tertiary/aromatic N) is 1. The fourth-order valence-corrected chi connectivity index (χ4v) is 3.13. The maximum Gasteiger partial charge on any atom is 0.229 e. The molecule has 0 atom stereocenters. The Labute approximate surface area is 155 Å². The van der Waals surface area contributed by atoms with E-state index in [4.69, 9.17) is 0 Å². The maximum atomic E-state index is 11.8. The van der Waals surface area contributed by atoms with E-state index in [9.17, 15) is 13.2 Å². The van der Waals surface area contributed by atoms with Crippen LogP contribution in [-0.4, -0.2) is 32.1 Å². The van der Waals surface area contributed by atoms with E-state index >= 15 is 0 Å². The monoisotopic (exact) mass is 375 g/mol. The minimum Gasteiger partial charge on any atom is -0.356 e. The molecule has 0 radical (unpaired) electrons. The van der Waals surface area contributed by atoms with Crippen molar-refractivity contribution in [3.8, 4) is 0 Å². The highest BCUT2D eigenvalue weighted by atomic mass is 32.2. The molecular weight excluding hydrogens is 350 g/mol. The van der Waals surface area contributed by atoms with Crippen molar-refractivity contribution in [1.29, 1.82) is 0 Å². The second-order valence-electron chi connectivity index (χ2n) is 6.24. The van der Waals surface area contributed by atoms with Crippen molar-refractivity contribution in [2.45, 2.75) is 32.1 Å². The van der Waals surface area contributed by atoms with E-state index in [2.05, 4.69) is 15.0 Å². The van der Waals surface area contributed by atoms with E-state index < -0.39 is 10.0 Å². The zero-order chi connectivity index (χ0) is 18.8. The van der Waals surface area contributed by atoms with Gasteiger partial charge in [0.25, 0.3) is 0 Å². The van der Waals surface area contributed by atoms with Gasteiger partial charge in [0.1, 0.15) is 0 Å². The van der Waals surface area contributed by atoms with E-state index in [0.717, 1.165) is 43.1 Å². The number of hydrogen-bond donors (Lipinski definition) is 2. The molecule has 1 heterocycles. The van der Waals surface area contributed by atoms with Crippen LogP contribution in [0.4, 0.5) is 5.69 Å². The highest BCUT2D eigenvalue weighted by Gasteiger charge is 2.03. The lowest BCUT2D eigenvalue weighted by molar-refractivity contribution is -0.121. The SMILES string of the molecule is CS(=O)(=O)Nc1ccc(CCCNC(=O)CCCc2cccnc2)cc1. The zero-order valence-corrected chi connectivity index (χ0v) is 15.8. The lowest BCUT2D eigenvalue weighted by atomic mass is 10.1. The zero-order valence-electron chi connectivity index (χ0n) is 14.9. The van der Waals surface area contributed by atoms with Gasteiger partial charge in [-0.05, 0) is 55.0 Å². The molecule has 0 fully saturated rings. The summed E-state index contributed by atoms with van der Waals surface area (Å²) in [7, 11) is -3.25. The van der Waals surface area contributed by atoms with Crippen molar-refractivity contribution < 1.29 is 13.2 Å². The van der Waals surface area contributed by atoms with Crippen LogP contribution in [0.2, 0.25) is 0 Å². The summed E-state index contributed by atoms with van der Waals surface area (Å²) < 4.78 is 24.8. The number of aryl methyl sites for hydroxylation is 2. The van der Waals surface area contributed by atoms with Crippen molar-refractivity contribution in [1.82, 2.24) is 10.3 Å². The van der Waals surface area contributed by atoms with Gasteiger partial charge in [0.05, 0.1) is 6.26 Å². The molecule has 0 spiro atoms. The molecule has 140 valence electrons. The Hall–Kier alpha value is -2.41. The number of nitrogens with one attached hydrogen (secondary N) is 2. The van der Waals surface area contributed by atoms with E-state index in [1.54, 1.807) is 18.3 Å². The summed E-state index contributed by atoms with van der Waals surface area (Å²) in [6.45, 7) is 0.634. The highest BCUT2D eigenvalue weighted by molar-refractivity contribution is 7.92. The van der Waals surface area contributed by atoms with Gasteiger partial charge in [-0.3, -0.25) is 14.5 Å². The molecule has 7 heteroatoms.